The lowest BCUT2D eigenvalue weighted by Crippen LogP contribution is -2.28. The maximum atomic E-state index is 14.7. The minimum absolute atomic E-state index is 0.00850. The second-order valence-corrected chi connectivity index (χ2v) is 7.84. The summed E-state index contributed by atoms with van der Waals surface area (Å²) in [5, 5.41) is 8.25. The topological polar surface area (TPSA) is 70.2 Å². The number of benzene rings is 2. The molecule has 7 heteroatoms. The summed E-state index contributed by atoms with van der Waals surface area (Å²) in [6.07, 6.45) is 0.521. The van der Waals surface area contributed by atoms with Crippen LogP contribution in [0.25, 0.3) is 0 Å². The van der Waals surface area contributed by atoms with Gasteiger partial charge < -0.3 is 16.0 Å². The van der Waals surface area contributed by atoms with Crippen LogP contribution in [-0.2, 0) is 17.8 Å². The highest BCUT2D eigenvalue weighted by Crippen LogP contribution is 2.26. The Morgan fingerprint density at radius 1 is 1.07 bits per heavy atom. The van der Waals surface area contributed by atoms with Crippen LogP contribution in [0.4, 0.5) is 20.2 Å². The third kappa shape index (κ3) is 4.20. The smallest absolute Gasteiger partial charge is 0.258 e. The summed E-state index contributed by atoms with van der Waals surface area (Å²) in [5.41, 5.74) is 0.795. The van der Waals surface area contributed by atoms with Crippen molar-refractivity contribution < 1.29 is 18.4 Å². The van der Waals surface area contributed by atoms with Gasteiger partial charge in [0.2, 0.25) is 5.91 Å². The molecule has 2 amide bonds. The summed E-state index contributed by atoms with van der Waals surface area (Å²) in [6, 6.07) is 6.94. The highest BCUT2D eigenvalue weighted by atomic mass is 19.1. The molecule has 0 unspecified atom stereocenters. The van der Waals surface area contributed by atoms with E-state index in [0.717, 1.165) is 11.6 Å². The van der Waals surface area contributed by atoms with Crippen LogP contribution in [0.5, 0.6) is 0 Å². The predicted molar refractivity (Wildman–Crippen MR) is 104 cm³/mol. The molecule has 0 bridgehead atoms. The lowest BCUT2D eigenvalue weighted by Gasteiger charge is -2.20. The first-order chi connectivity index (χ1) is 13.2. The SMILES string of the molecule is CC(C)(C)C(=O)Nc1ccc(F)c(C(=O)Nc2ccc3c(c2F)CCNC3)c1. The van der Waals surface area contributed by atoms with Crippen molar-refractivity contribution in [3.05, 3.63) is 58.7 Å². The van der Waals surface area contributed by atoms with Gasteiger partial charge in [-0.2, -0.15) is 0 Å². The molecule has 2 aromatic rings. The van der Waals surface area contributed by atoms with Crippen LogP contribution < -0.4 is 16.0 Å². The number of carbonyl (C=O) groups is 2. The second-order valence-electron chi connectivity index (χ2n) is 7.84. The Morgan fingerprint density at radius 2 is 1.82 bits per heavy atom. The first-order valence-corrected chi connectivity index (χ1v) is 9.10. The van der Waals surface area contributed by atoms with Gasteiger partial charge in [-0.15, -0.1) is 0 Å². The summed E-state index contributed by atoms with van der Waals surface area (Å²) in [4.78, 5) is 24.7. The van der Waals surface area contributed by atoms with Crippen LogP contribution in [0.15, 0.2) is 30.3 Å². The van der Waals surface area contributed by atoms with E-state index in [-0.39, 0.29) is 17.2 Å². The Bertz CT molecular complexity index is 936. The Kier molecular flexibility index (Phi) is 5.47. The maximum absolute atomic E-state index is 14.7. The molecule has 1 aliphatic rings. The Hall–Kier alpha value is -2.80. The summed E-state index contributed by atoms with van der Waals surface area (Å²) in [5.74, 6) is -2.30. The number of nitrogens with one attached hydrogen (secondary N) is 3. The van der Waals surface area contributed by atoms with Gasteiger partial charge in [0, 0.05) is 17.6 Å². The van der Waals surface area contributed by atoms with Crippen LogP contribution in [0.2, 0.25) is 0 Å². The fourth-order valence-electron chi connectivity index (χ4n) is 2.92. The van der Waals surface area contributed by atoms with Crippen LogP contribution in [0.3, 0.4) is 0 Å². The largest absolute Gasteiger partial charge is 0.326 e. The fraction of sp³-hybridized carbons (Fsp3) is 0.333. The lowest BCUT2D eigenvalue weighted by molar-refractivity contribution is -0.123. The van der Waals surface area contributed by atoms with E-state index >= 15 is 0 Å². The number of halogens is 2. The van der Waals surface area contributed by atoms with Gasteiger partial charge in [-0.1, -0.05) is 26.8 Å². The molecule has 0 saturated carbocycles. The predicted octanol–water partition coefficient (Wildman–Crippen LogP) is 3.85. The van der Waals surface area contributed by atoms with E-state index in [1.54, 1.807) is 26.8 Å². The van der Waals surface area contributed by atoms with Gasteiger partial charge in [-0.05, 0) is 48.4 Å². The van der Waals surface area contributed by atoms with E-state index in [2.05, 4.69) is 16.0 Å². The first kappa shape index (κ1) is 19.9. The number of anilines is 2. The van der Waals surface area contributed by atoms with Gasteiger partial charge in [0.25, 0.3) is 5.91 Å². The van der Waals surface area contributed by atoms with E-state index in [4.69, 9.17) is 0 Å². The Balaban J connectivity index is 1.83. The number of hydrogen-bond donors (Lipinski definition) is 3. The zero-order valence-corrected chi connectivity index (χ0v) is 16.1. The zero-order chi connectivity index (χ0) is 20.5. The summed E-state index contributed by atoms with van der Waals surface area (Å²) < 4.78 is 28.9. The van der Waals surface area contributed by atoms with Crippen molar-refractivity contribution in [3.8, 4) is 0 Å². The molecule has 0 aliphatic carbocycles. The molecule has 3 rings (SSSR count). The molecular weight excluding hydrogens is 364 g/mol. The van der Waals surface area contributed by atoms with Crippen LogP contribution in [-0.4, -0.2) is 18.4 Å². The quantitative estimate of drug-likeness (QED) is 0.749. The molecule has 1 aliphatic heterocycles. The van der Waals surface area contributed by atoms with Crippen molar-refractivity contribution in [3.63, 3.8) is 0 Å². The molecule has 0 fully saturated rings. The molecule has 0 radical (unpaired) electrons. The highest BCUT2D eigenvalue weighted by molar-refractivity contribution is 6.06. The minimum atomic E-state index is -0.780. The molecule has 0 aromatic heterocycles. The van der Waals surface area contributed by atoms with Crippen molar-refractivity contribution in [1.29, 1.82) is 0 Å². The Morgan fingerprint density at radius 3 is 2.54 bits per heavy atom. The maximum Gasteiger partial charge on any atom is 0.258 e. The van der Waals surface area contributed by atoms with Gasteiger partial charge in [-0.25, -0.2) is 8.78 Å². The molecule has 28 heavy (non-hydrogen) atoms. The summed E-state index contributed by atoms with van der Waals surface area (Å²) >= 11 is 0. The average molecular weight is 387 g/mol. The van der Waals surface area contributed by atoms with Gasteiger partial charge in [0.05, 0.1) is 11.3 Å². The standard InChI is InChI=1S/C21H23F2N3O2/c1-21(2,3)20(28)25-13-5-6-16(22)15(10-13)19(27)26-17-7-4-12-11-24-9-8-14(12)18(17)23/h4-7,10,24H,8-9,11H2,1-3H3,(H,25,28)(H,26,27). The number of carbonyl (C=O) groups excluding carboxylic acids is 2. The third-order valence-corrected chi connectivity index (χ3v) is 4.61. The zero-order valence-electron chi connectivity index (χ0n) is 16.1. The molecule has 0 saturated heterocycles. The molecule has 0 spiro atoms. The van der Waals surface area contributed by atoms with Crippen molar-refractivity contribution in [2.24, 2.45) is 5.41 Å². The van der Waals surface area contributed by atoms with Crippen molar-refractivity contribution >= 4 is 23.2 Å². The molecule has 148 valence electrons. The molecular formula is C21H23F2N3O2. The molecule has 5 nitrogen and oxygen atoms in total. The number of hydrogen-bond acceptors (Lipinski definition) is 3. The molecule has 3 N–H and O–H groups in total. The second kappa shape index (κ2) is 7.67. The first-order valence-electron chi connectivity index (χ1n) is 9.10. The van der Waals surface area contributed by atoms with E-state index in [1.165, 1.54) is 18.2 Å². The van der Waals surface area contributed by atoms with E-state index in [1.807, 2.05) is 0 Å². The minimum Gasteiger partial charge on any atom is -0.326 e. The lowest BCUT2D eigenvalue weighted by atomic mass is 9.95. The van der Waals surface area contributed by atoms with Crippen molar-refractivity contribution in [2.75, 3.05) is 17.2 Å². The molecule has 0 atom stereocenters. The normalized spacial score (nSPS) is 13.6. The number of fused-ring (bicyclic) bond motifs is 1. The fourth-order valence-corrected chi connectivity index (χ4v) is 2.92. The molecule has 2 aromatic carbocycles. The van der Waals surface area contributed by atoms with E-state index < -0.39 is 23.0 Å². The average Bonchev–Trinajstić information content (AvgIpc) is 2.65. The highest BCUT2D eigenvalue weighted by Gasteiger charge is 2.23. The van der Waals surface area contributed by atoms with Gasteiger partial charge in [-0.3, -0.25) is 9.59 Å². The van der Waals surface area contributed by atoms with Crippen LogP contribution >= 0.6 is 0 Å². The molecule has 1 heterocycles. The van der Waals surface area contributed by atoms with Crippen molar-refractivity contribution in [1.82, 2.24) is 5.32 Å². The van der Waals surface area contributed by atoms with Gasteiger partial charge in [0.1, 0.15) is 11.6 Å². The number of amides is 2. The van der Waals surface area contributed by atoms with Crippen LogP contribution in [0, 0.1) is 17.0 Å². The van der Waals surface area contributed by atoms with E-state index in [0.29, 0.717) is 30.8 Å². The van der Waals surface area contributed by atoms with Crippen LogP contribution in [0.1, 0.15) is 42.3 Å². The van der Waals surface area contributed by atoms with Gasteiger partial charge >= 0.3 is 0 Å². The summed E-state index contributed by atoms with van der Waals surface area (Å²) in [6.45, 7) is 6.46. The Labute approximate surface area is 162 Å². The van der Waals surface area contributed by atoms with Crippen molar-refractivity contribution in [2.45, 2.75) is 33.7 Å². The summed E-state index contributed by atoms with van der Waals surface area (Å²) in [7, 11) is 0. The monoisotopic (exact) mass is 387 g/mol. The van der Waals surface area contributed by atoms with E-state index in [9.17, 15) is 18.4 Å². The third-order valence-electron chi connectivity index (χ3n) is 4.61. The van der Waals surface area contributed by atoms with Gasteiger partial charge in [0.15, 0.2) is 0 Å². The number of rotatable bonds is 3.